The van der Waals surface area contributed by atoms with E-state index in [1.807, 2.05) is 0 Å². The van der Waals surface area contributed by atoms with Crippen molar-refractivity contribution in [2.45, 2.75) is 24.5 Å². The van der Waals surface area contributed by atoms with Gasteiger partial charge < -0.3 is 31.3 Å². The van der Waals surface area contributed by atoms with Crippen LogP contribution in [-0.2, 0) is 9.59 Å². The van der Waals surface area contributed by atoms with Crippen molar-refractivity contribution >= 4 is 29.1 Å². The number of carbonyl (C=O) groups excluding carboxylic acids is 3. The molecular weight excluding hydrogens is 406 g/mol. The van der Waals surface area contributed by atoms with Gasteiger partial charge in [-0.15, -0.1) is 0 Å². The first kappa shape index (κ1) is 19.4. The highest BCUT2D eigenvalue weighted by molar-refractivity contribution is 6.32. The number of rotatable bonds is 1. The number of primary amides is 1. The molecule has 1 aromatic carbocycles. The highest BCUT2D eigenvalue weighted by Crippen LogP contribution is 2.55. The molecule has 0 saturated carbocycles. The third-order valence-corrected chi connectivity index (χ3v) is 6.31. The lowest BCUT2D eigenvalue weighted by atomic mass is 9.59. The number of allylic oxidation sites excluding steroid dienone is 1. The monoisotopic (exact) mass is 421 g/mol. The Balaban J connectivity index is 1.97. The fourth-order valence-corrected chi connectivity index (χ4v) is 4.88. The maximum atomic E-state index is 13.1. The fraction of sp³-hybridized carbons (Fsp3) is 0.316. The zero-order valence-electron chi connectivity index (χ0n) is 14.7. The van der Waals surface area contributed by atoms with Gasteiger partial charge >= 0.3 is 0 Å². The van der Waals surface area contributed by atoms with E-state index >= 15 is 0 Å². The number of halogens is 1. The van der Waals surface area contributed by atoms with E-state index in [9.17, 15) is 39.9 Å². The smallest absolute Gasteiger partial charge is 0.255 e. The van der Waals surface area contributed by atoms with Gasteiger partial charge in [0.15, 0.2) is 11.4 Å². The van der Waals surface area contributed by atoms with Crippen molar-refractivity contribution in [3.63, 3.8) is 0 Å². The predicted molar refractivity (Wildman–Crippen MR) is 97.1 cm³/mol. The van der Waals surface area contributed by atoms with E-state index in [0.717, 1.165) is 6.07 Å². The molecule has 2 unspecified atom stereocenters. The van der Waals surface area contributed by atoms with Gasteiger partial charge in [-0.25, -0.2) is 0 Å². The molecule has 0 aliphatic heterocycles. The van der Waals surface area contributed by atoms with Crippen LogP contribution in [0.25, 0.3) is 0 Å². The summed E-state index contributed by atoms with van der Waals surface area (Å²) in [6, 6.07) is 2.44. The number of phenolic OH excluding ortho intramolecular Hbond substituents is 1. The van der Waals surface area contributed by atoms with Crippen LogP contribution in [0.4, 0.5) is 0 Å². The number of benzene rings is 1. The van der Waals surface area contributed by atoms with Gasteiger partial charge in [-0.2, -0.15) is 0 Å². The molecule has 3 aliphatic rings. The number of aliphatic hydroxyl groups excluding tert-OH is 3. The maximum absolute atomic E-state index is 13.1. The van der Waals surface area contributed by atoms with Crippen molar-refractivity contribution in [3.8, 4) is 5.75 Å². The average Bonchev–Trinajstić information content (AvgIpc) is 2.64. The Hall–Kier alpha value is -2.88. The average molecular weight is 422 g/mol. The summed E-state index contributed by atoms with van der Waals surface area (Å²) in [6.45, 7) is 0. The number of aromatic hydroxyl groups is 1. The molecule has 0 bridgehead atoms. The molecule has 29 heavy (non-hydrogen) atoms. The second-order valence-corrected chi connectivity index (χ2v) is 7.82. The Morgan fingerprint density at radius 1 is 1.21 bits per heavy atom. The van der Waals surface area contributed by atoms with Crippen LogP contribution in [0.15, 0.2) is 34.8 Å². The van der Waals surface area contributed by atoms with Gasteiger partial charge in [0, 0.05) is 34.4 Å². The van der Waals surface area contributed by atoms with Crippen LogP contribution in [0.5, 0.6) is 5.75 Å². The molecule has 10 heteroatoms. The van der Waals surface area contributed by atoms with Crippen LogP contribution >= 0.6 is 11.6 Å². The van der Waals surface area contributed by atoms with Gasteiger partial charge in [-0.3, -0.25) is 14.4 Å². The summed E-state index contributed by atoms with van der Waals surface area (Å²) in [5.74, 6) is -7.89. The molecule has 0 aromatic heterocycles. The molecule has 152 valence electrons. The molecule has 0 spiro atoms. The summed E-state index contributed by atoms with van der Waals surface area (Å²) in [5, 5.41) is 52.9. The number of ketones is 2. The molecule has 1 aromatic rings. The summed E-state index contributed by atoms with van der Waals surface area (Å²) in [4.78, 5) is 37.4. The van der Waals surface area contributed by atoms with Crippen LogP contribution in [0.3, 0.4) is 0 Å². The minimum Gasteiger partial charge on any atom is -0.511 e. The zero-order valence-corrected chi connectivity index (χ0v) is 15.5. The number of phenols is 1. The lowest BCUT2D eigenvalue weighted by molar-refractivity contribution is -0.145. The molecule has 0 heterocycles. The number of hydrogen-bond acceptors (Lipinski definition) is 8. The first-order valence-corrected chi connectivity index (χ1v) is 9.06. The standard InChI is InChI=1S/C19H16ClNO8/c20-7-1-2-8(22)12-11(7)14(24)6-3-5-4-9(23)13(18(21)28)17(27)19(5,29)16(26)10(6)15(12)25/h1-2,5-6,14,22-24,26,29H,3-4H2,(H2,21,28)/t5-,6?,14?,19-/m0/s1. The fourth-order valence-electron chi connectivity index (χ4n) is 4.61. The summed E-state index contributed by atoms with van der Waals surface area (Å²) in [7, 11) is 0. The van der Waals surface area contributed by atoms with E-state index in [1.54, 1.807) is 0 Å². The number of fused-ring (bicyclic) bond motifs is 3. The Morgan fingerprint density at radius 3 is 2.48 bits per heavy atom. The van der Waals surface area contributed by atoms with Crippen LogP contribution in [0.1, 0.15) is 34.9 Å². The van der Waals surface area contributed by atoms with Crippen molar-refractivity contribution < 1.29 is 39.9 Å². The number of carbonyl (C=O) groups is 3. The third kappa shape index (κ3) is 2.32. The second kappa shape index (κ2) is 6.06. The zero-order chi connectivity index (χ0) is 21.4. The first-order valence-electron chi connectivity index (χ1n) is 8.68. The van der Waals surface area contributed by atoms with E-state index in [0.29, 0.717) is 0 Å². The van der Waals surface area contributed by atoms with Crippen LogP contribution in [-0.4, -0.2) is 48.6 Å². The Morgan fingerprint density at radius 2 is 1.86 bits per heavy atom. The van der Waals surface area contributed by atoms with Gasteiger partial charge in [-0.05, 0) is 18.6 Å². The van der Waals surface area contributed by atoms with E-state index < -0.39 is 69.4 Å². The molecule has 4 rings (SSSR count). The molecule has 3 aliphatic carbocycles. The number of aliphatic hydroxyl groups is 4. The predicted octanol–water partition coefficient (Wildman–Crippen LogP) is 0.725. The highest BCUT2D eigenvalue weighted by atomic mass is 35.5. The van der Waals surface area contributed by atoms with Gasteiger partial charge in [-0.1, -0.05) is 11.6 Å². The maximum Gasteiger partial charge on any atom is 0.255 e. The van der Waals surface area contributed by atoms with Crippen LogP contribution < -0.4 is 5.73 Å². The van der Waals surface area contributed by atoms with E-state index in [-0.39, 0.29) is 29.0 Å². The topological polar surface area (TPSA) is 178 Å². The van der Waals surface area contributed by atoms with Crippen molar-refractivity contribution in [1.29, 1.82) is 0 Å². The van der Waals surface area contributed by atoms with Gasteiger partial charge in [0.1, 0.15) is 22.8 Å². The number of Topliss-reactive ketones (excluding diaryl/α,β-unsaturated/α-hetero) is 2. The summed E-state index contributed by atoms with van der Waals surface area (Å²) in [5.41, 5.74) is 0.751. The Kier molecular flexibility index (Phi) is 4.06. The van der Waals surface area contributed by atoms with Crippen molar-refractivity contribution in [2.75, 3.05) is 0 Å². The summed E-state index contributed by atoms with van der Waals surface area (Å²) >= 11 is 6.10. The minimum absolute atomic E-state index is 0.0245. The SMILES string of the molecule is NC(=O)C1=C(O)C[C@@H]2CC3C(=C(O)[C@]2(O)C1=O)C(=O)c1c(O)ccc(Cl)c1C3O. The molecule has 7 N–H and O–H groups in total. The molecule has 4 atom stereocenters. The lowest BCUT2D eigenvalue weighted by Gasteiger charge is -2.46. The van der Waals surface area contributed by atoms with Gasteiger partial charge in [0.05, 0.1) is 11.7 Å². The lowest BCUT2D eigenvalue weighted by Crippen LogP contribution is -2.57. The van der Waals surface area contributed by atoms with E-state index in [1.165, 1.54) is 6.07 Å². The first-order chi connectivity index (χ1) is 13.5. The molecule has 0 fully saturated rings. The summed E-state index contributed by atoms with van der Waals surface area (Å²) < 4.78 is 0. The quantitative estimate of drug-likeness (QED) is 0.359. The molecular formula is C19H16ClNO8. The van der Waals surface area contributed by atoms with Gasteiger partial charge in [0.2, 0.25) is 5.78 Å². The molecule has 9 nitrogen and oxygen atoms in total. The molecule has 1 amide bonds. The normalized spacial score (nSPS) is 31.3. The van der Waals surface area contributed by atoms with Crippen LogP contribution in [0, 0.1) is 11.8 Å². The van der Waals surface area contributed by atoms with Gasteiger partial charge in [0.25, 0.3) is 5.91 Å². The number of hydrogen-bond donors (Lipinski definition) is 6. The minimum atomic E-state index is -2.68. The second-order valence-electron chi connectivity index (χ2n) is 7.42. The van der Waals surface area contributed by atoms with E-state index in [4.69, 9.17) is 17.3 Å². The third-order valence-electron chi connectivity index (χ3n) is 5.98. The van der Waals surface area contributed by atoms with Crippen LogP contribution in [0.2, 0.25) is 5.02 Å². The molecule has 0 saturated heterocycles. The van der Waals surface area contributed by atoms with Crippen molar-refractivity contribution in [3.05, 3.63) is 50.9 Å². The van der Waals surface area contributed by atoms with Crippen molar-refractivity contribution in [2.24, 2.45) is 17.6 Å². The highest BCUT2D eigenvalue weighted by Gasteiger charge is 2.61. The molecule has 0 radical (unpaired) electrons. The van der Waals surface area contributed by atoms with Crippen molar-refractivity contribution in [1.82, 2.24) is 0 Å². The number of nitrogens with two attached hydrogens (primary N) is 1. The largest absolute Gasteiger partial charge is 0.511 e. The number of amides is 1. The Labute approximate surface area is 168 Å². The summed E-state index contributed by atoms with van der Waals surface area (Å²) in [6.07, 6.45) is -1.99. The Bertz CT molecular complexity index is 1070. The van der Waals surface area contributed by atoms with E-state index in [2.05, 4.69) is 0 Å².